The number of hydrogen-bond acceptors (Lipinski definition) is 4. The summed E-state index contributed by atoms with van der Waals surface area (Å²) in [6, 6.07) is 20.6. The molecule has 0 spiro atoms. The molecule has 2 aromatic rings. The average Bonchev–Trinajstić information content (AvgIpc) is 2.95. The van der Waals surface area contributed by atoms with Gasteiger partial charge in [-0.05, 0) is 24.1 Å². The first-order chi connectivity index (χ1) is 13.1. The SMILES string of the molecule is CC1=NN(Cc2ccccc2)C(=O)[C@H]1[C@H](c1ccccc1Cl)C(C#N)C#N. The molecule has 2 aromatic carbocycles. The van der Waals surface area contributed by atoms with Crippen molar-refractivity contribution in [3.63, 3.8) is 0 Å². The van der Waals surface area contributed by atoms with Crippen molar-refractivity contribution in [2.24, 2.45) is 16.9 Å². The number of carbonyl (C=O) groups excluding carboxylic acids is 1. The molecule has 1 heterocycles. The molecular formula is C21H17ClN4O. The molecule has 0 saturated heterocycles. The third-order valence-corrected chi connectivity index (χ3v) is 5.03. The molecule has 134 valence electrons. The molecule has 1 amide bonds. The Morgan fingerprint density at radius 2 is 1.74 bits per heavy atom. The quantitative estimate of drug-likeness (QED) is 0.787. The lowest BCUT2D eigenvalue weighted by Crippen LogP contribution is -2.34. The van der Waals surface area contributed by atoms with Crippen LogP contribution in [0.3, 0.4) is 0 Å². The van der Waals surface area contributed by atoms with E-state index in [1.165, 1.54) is 5.01 Å². The molecule has 1 aliphatic heterocycles. The third-order valence-electron chi connectivity index (χ3n) is 4.68. The maximum atomic E-state index is 13.1. The summed E-state index contributed by atoms with van der Waals surface area (Å²) in [5.41, 5.74) is 2.15. The molecule has 3 rings (SSSR count). The zero-order valence-corrected chi connectivity index (χ0v) is 15.5. The summed E-state index contributed by atoms with van der Waals surface area (Å²) in [6.45, 7) is 2.09. The first kappa shape index (κ1) is 18.6. The van der Waals surface area contributed by atoms with E-state index in [1.54, 1.807) is 31.2 Å². The number of carbonyl (C=O) groups is 1. The van der Waals surface area contributed by atoms with Crippen LogP contribution >= 0.6 is 11.6 Å². The fraction of sp³-hybridized carbons (Fsp3) is 0.238. The summed E-state index contributed by atoms with van der Waals surface area (Å²) in [6.07, 6.45) is 0. The van der Waals surface area contributed by atoms with E-state index in [2.05, 4.69) is 5.10 Å². The predicted octanol–water partition coefficient (Wildman–Crippen LogP) is 4.12. The van der Waals surface area contributed by atoms with Gasteiger partial charge in [0.1, 0.15) is 5.92 Å². The Bertz CT molecular complexity index is 944. The van der Waals surface area contributed by atoms with Crippen molar-refractivity contribution >= 4 is 23.2 Å². The number of nitriles is 2. The van der Waals surface area contributed by atoms with Gasteiger partial charge in [-0.2, -0.15) is 15.6 Å². The van der Waals surface area contributed by atoms with Gasteiger partial charge in [0.2, 0.25) is 0 Å². The van der Waals surface area contributed by atoms with Gasteiger partial charge >= 0.3 is 0 Å². The van der Waals surface area contributed by atoms with E-state index in [4.69, 9.17) is 11.6 Å². The van der Waals surface area contributed by atoms with Crippen molar-refractivity contribution in [1.82, 2.24) is 5.01 Å². The Hall–Kier alpha value is -3.15. The Kier molecular flexibility index (Phi) is 5.54. The predicted molar refractivity (Wildman–Crippen MR) is 103 cm³/mol. The fourth-order valence-corrected chi connectivity index (χ4v) is 3.67. The minimum Gasteiger partial charge on any atom is -0.272 e. The number of amides is 1. The number of halogens is 1. The van der Waals surface area contributed by atoms with Crippen LogP contribution in [0.25, 0.3) is 0 Å². The highest BCUT2D eigenvalue weighted by atomic mass is 35.5. The van der Waals surface area contributed by atoms with E-state index in [1.807, 2.05) is 42.5 Å². The molecule has 2 atom stereocenters. The highest BCUT2D eigenvalue weighted by Crippen LogP contribution is 2.40. The zero-order valence-electron chi connectivity index (χ0n) is 14.7. The maximum absolute atomic E-state index is 13.1. The second-order valence-corrected chi connectivity index (χ2v) is 6.79. The molecule has 0 N–H and O–H groups in total. The van der Waals surface area contributed by atoms with Crippen LogP contribution in [0.1, 0.15) is 24.0 Å². The first-order valence-electron chi connectivity index (χ1n) is 8.51. The monoisotopic (exact) mass is 376 g/mol. The summed E-state index contributed by atoms with van der Waals surface area (Å²) in [5.74, 6) is -2.61. The van der Waals surface area contributed by atoms with E-state index < -0.39 is 17.8 Å². The van der Waals surface area contributed by atoms with Gasteiger partial charge in [0, 0.05) is 16.7 Å². The molecule has 27 heavy (non-hydrogen) atoms. The van der Waals surface area contributed by atoms with E-state index in [0.717, 1.165) is 5.56 Å². The lowest BCUT2D eigenvalue weighted by Gasteiger charge is -2.25. The van der Waals surface area contributed by atoms with Crippen molar-refractivity contribution < 1.29 is 4.79 Å². The van der Waals surface area contributed by atoms with Crippen molar-refractivity contribution in [3.05, 3.63) is 70.7 Å². The number of hydrazone groups is 1. The fourth-order valence-electron chi connectivity index (χ4n) is 3.41. The van der Waals surface area contributed by atoms with Gasteiger partial charge in [-0.25, -0.2) is 5.01 Å². The summed E-state index contributed by atoms with van der Waals surface area (Å²) in [5, 5.41) is 25.3. The maximum Gasteiger partial charge on any atom is 0.252 e. The molecule has 0 radical (unpaired) electrons. The van der Waals surface area contributed by atoms with Crippen molar-refractivity contribution in [3.8, 4) is 12.1 Å². The zero-order chi connectivity index (χ0) is 19.4. The van der Waals surface area contributed by atoms with Gasteiger partial charge in [-0.15, -0.1) is 0 Å². The van der Waals surface area contributed by atoms with E-state index in [0.29, 0.717) is 22.8 Å². The first-order valence-corrected chi connectivity index (χ1v) is 8.88. The topological polar surface area (TPSA) is 80.2 Å². The molecule has 0 aliphatic carbocycles. The molecular weight excluding hydrogens is 360 g/mol. The molecule has 0 aromatic heterocycles. The molecule has 0 saturated carbocycles. The van der Waals surface area contributed by atoms with Crippen molar-refractivity contribution in [2.45, 2.75) is 19.4 Å². The second kappa shape index (κ2) is 8.03. The molecule has 5 nitrogen and oxygen atoms in total. The van der Waals surface area contributed by atoms with E-state index in [-0.39, 0.29) is 5.91 Å². The van der Waals surface area contributed by atoms with Gasteiger partial charge in [0.05, 0.1) is 24.6 Å². The molecule has 0 unspecified atom stereocenters. The van der Waals surface area contributed by atoms with Crippen molar-refractivity contribution in [2.75, 3.05) is 0 Å². The van der Waals surface area contributed by atoms with Crippen LogP contribution in [0.15, 0.2) is 59.7 Å². The van der Waals surface area contributed by atoms with Crippen LogP contribution in [0.4, 0.5) is 0 Å². The minimum atomic E-state index is -1.01. The van der Waals surface area contributed by atoms with Crippen LogP contribution < -0.4 is 0 Å². The van der Waals surface area contributed by atoms with Gasteiger partial charge in [-0.1, -0.05) is 60.1 Å². The van der Waals surface area contributed by atoms with Crippen LogP contribution in [-0.4, -0.2) is 16.6 Å². The molecule has 1 aliphatic rings. The van der Waals surface area contributed by atoms with E-state index in [9.17, 15) is 15.3 Å². The summed E-state index contributed by atoms with van der Waals surface area (Å²) in [4.78, 5) is 13.1. The molecule has 6 heteroatoms. The Balaban J connectivity index is 1.97. The number of benzene rings is 2. The summed E-state index contributed by atoms with van der Waals surface area (Å²) in [7, 11) is 0. The number of rotatable bonds is 5. The highest BCUT2D eigenvalue weighted by Gasteiger charge is 2.44. The number of hydrogen-bond donors (Lipinski definition) is 0. The Labute approximate surface area is 163 Å². The van der Waals surface area contributed by atoms with Crippen LogP contribution in [-0.2, 0) is 11.3 Å². The molecule has 0 fully saturated rings. The van der Waals surface area contributed by atoms with Crippen molar-refractivity contribution in [1.29, 1.82) is 10.5 Å². The lowest BCUT2D eigenvalue weighted by molar-refractivity contribution is -0.133. The normalized spacial score (nSPS) is 17.4. The standard InChI is InChI=1S/C21H17ClN4O/c1-14-19(21(27)26(25-14)13-15-7-3-2-4-8-15)20(16(11-23)12-24)17-9-5-6-10-18(17)22/h2-10,16,19-20H,13H2,1H3/t19-,20+/m1/s1. The van der Waals surface area contributed by atoms with Gasteiger partial charge in [-0.3, -0.25) is 4.79 Å². The lowest BCUT2D eigenvalue weighted by atomic mass is 9.75. The van der Waals surface area contributed by atoms with Gasteiger partial charge in [0.25, 0.3) is 5.91 Å². The highest BCUT2D eigenvalue weighted by molar-refractivity contribution is 6.31. The molecule has 0 bridgehead atoms. The second-order valence-electron chi connectivity index (χ2n) is 6.38. The van der Waals surface area contributed by atoms with Gasteiger partial charge < -0.3 is 0 Å². The van der Waals surface area contributed by atoms with E-state index >= 15 is 0 Å². The third kappa shape index (κ3) is 3.69. The number of nitrogens with zero attached hydrogens (tertiary/aromatic N) is 4. The summed E-state index contributed by atoms with van der Waals surface area (Å²) < 4.78 is 0. The minimum absolute atomic E-state index is 0.225. The Morgan fingerprint density at radius 3 is 2.37 bits per heavy atom. The van der Waals surface area contributed by atoms with Crippen LogP contribution in [0.2, 0.25) is 5.02 Å². The van der Waals surface area contributed by atoms with Crippen LogP contribution in [0, 0.1) is 34.5 Å². The largest absolute Gasteiger partial charge is 0.272 e. The average molecular weight is 377 g/mol. The smallest absolute Gasteiger partial charge is 0.252 e. The van der Waals surface area contributed by atoms with Crippen LogP contribution in [0.5, 0.6) is 0 Å². The summed E-state index contributed by atoms with van der Waals surface area (Å²) >= 11 is 6.33. The van der Waals surface area contributed by atoms with Gasteiger partial charge in [0.15, 0.2) is 0 Å². The Morgan fingerprint density at radius 1 is 1.11 bits per heavy atom.